The maximum Gasteiger partial charge on any atom is 0.274 e. The summed E-state index contributed by atoms with van der Waals surface area (Å²) in [6.45, 7) is 3.85. The van der Waals surface area contributed by atoms with Gasteiger partial charge < -0.3 is 10.6 Å². The number of halogens is 1. The van der Waals surface area contributed by atoms with E-state index in [2.05, 4.69) is 15.6 Å². The molecular weight excluding hydrogens is 353 g/mol. The van der Waals surface area contributed by atoms with E-state index in [-0.39, 0.29) is 17.3 Å². The van der Waals surface area contributed by atoms with Gasteiger partial charge in [0, 0.05) is 11.1 Å². The average Bonchev–Trinajstić information content (AvgIpc) is 2.97. The van der Waals surface area contributed by atoms with Crippen molar-refractivity contribution in [1.82, 2.24) is 4.98 Å². The molecule has 0 unspecified atom stereocenters. The predicted molar refractivity (Wildman–Crippen MR) is 100 cm³/mol. The molecule has 2 N–H and O–H groups in total. The Morgan fingerprint density at radius 1 is 1.00 bits per heavy atom. The van der Waals surface area contributed by atoms with Gasteiger partial charge in [0.2, 0.25) is 0 Å². The standard InChI is InChI=1S/C19H16FN3O2S/c1-11-9-17(26-12(11)2)19(25)23-16-10-13(20)6-7-14(16)22-18(24)15-5-3-4-8-21-15/h3-10H,1-2H3,(H,22,24)(H,23,25). The van der Waals surface area contributed by atoms with Crippen molar-refractivity contribution in [1.29, 1.82) is 0 Å². The largest absolute Gasteiger partial charge is 0.319 e. The topological polar surface area (TPSA) is 71.1 Å². The van der Waals surface area contributed by atoms with E-state index in [9.17, 15) is 14.0 Å². The first-order chi connectivity index (χ1) is 12.4. The third-order valence-electron chi connectivity index (χ3n) is 3.77. The van der Waals surface area contributed by atoms with Gasteiger partial charge in [-0.1, -0.05) is 6.07 Å². The Morgan fingerprint density at radius 2 is 1.77 bits per heavy atom. The van der Waals surface area contributed by atoms with Crippen molar-refractivity contribution >= 4 is 34.5 Å². The Labute approximate surface area is 153 Å². The average molecular weight is 369 g/mol. The minimum absolute atomic E-state index is 0.183. The SMILES string of the molecule is Cc1cc(C(=O)Nc2cc(F)ccc2NC(=O)c2ccccn2)sc1C. The lowest BCUT2D eigenvalue weighted by molar-refractivity contribution is 0.101. The van der Waals surface area contributed by atoms with E-state index in [1.165, 1.54) is 35.7 Å². The van der Waals surface area contributed by atoms with Crippen LogP contribution in [0.25, 0.3) is 0 Å². The van der Waals surface area contributed by atoms with Crippen LogP contribution < -0.4 is 10.6 Å². The fourth-order valence-corrected chi connectivity index (χ4v) is 3.21. The zero-order valence-corrected chi connectivity index (χ0v) is 15.0. The molecule has 0 atom stereocenters. The van der Waals surface area contributed by atoms with Crippen molar-refractivity contribution in [3.05, 3.63) is 75.5 Å². The molecule has 0 bridgehead atoms. The number of thiophene rings is 1. The predicted octanol–water partition coefficient (Wildman–Crippen LogP) is 4.40. The molecule has 7 heteroatoms. The first-order valence-electron chi connectivity index (χ1n) is 7.84. The summed E-state index contributed by atoms with van der Waals surface area (Å²) in [7, 11) is 0. The summed E-state index contributed by atoms with van der Waals surface area (Å²) >= 11 is 1.36. The second-order valence-corrected chi connectivity index (χ2v) is 6.92. The van der Waals surface area contributed by atoms with Crippen molar-refractivity contribution in [3.8, 4) is 0 Å². The molecule has 0 radical (unpaired) electrons. The summed E-state index contributed by atoms with van der Waals surface area (Å²) in [6.07, 6.45) is 1.50. The Balaban J connectivity index is 1.84. The van der Waals surface area contributed by atoms with Gasteiger partial charge in [-0.25, -0.2) is 4.39 Å². The molecule has 2 amide bonds. The maximum absolute atomic E-state index is 13.7. The van der Waals surface area contributed by atoms with E-state index >= 15 is 0 Å². The van der Waals surface area contributed by atoms with E-state index in [0.29, 0.717) is 10.6 Å². The number of carbonyl (C=O) groups excluding carboxylic acids is 2. The number of benzene rings is 1. The molecule has 1 aromatic carbocycles. The molecule has 2 aromatic heterocycles. The van der Waals surface area contributed by atoms with E-state index in [1.54, 1.807) is 24.3 Å². The van der Waals surface area contributed by atoms with E-state index in [4.69, 9.17) is 0 Å². The van der Waals surface area contributed by atoms with Crippen LogP contribution in [-0.4, -0.2) is 16.8 Å². The molecule has 5 nitrogen and oxygen atoms in total. The van der Waals surface area contributed by atoms with Crippen molar-refractivity contribution in [2.75, 3.05) is 10.6 Å². The van der Waals surface area contributed by atoms with Crippen molar-refractivity contribution in [2.45, 2.75) is 13.8 Å². The number of carbonyl (C=O) groups is 2. The second-order valence-electron chi connectivity index (χ2n) is 5.66. The van der Waals surface area contributed by atoms with Crippen molar-refractivity contribution in [3.63, 3.8) is 0 Å². The number of pyridine rings is 1. The summed E-state index contributed by atoms with van der Waals surface area (Å²) in [5.74, 6) is -1.32. The number of hydrogen-bond acceptors (Lipinski definition) is 4. The van der Waals surface area contributed by atoms with Crippen LogP contribution in [-0.2, 0) is 0 Å². The van der Waals surface area contributed by atoms with Gasteiger partial charge in [-0.15, -0.1) is 11.3 Å². The first kappa shape index (κ1) is 17.8. The van der Waals surface area contributed by atoms with Crippen LogP contribution in [0.15, 0.2) is 48.7 Å². The number of amides is 2. The van der Waals surface area contributed by atoms with Crippen molar-refractivity contribution < 1.29 is 14.0 Å². The number of nitrogens with one attached hydrogen (secondary N) is 2. The van der Waals surface area contributed by atoms with E-state index < -0.39 is 11.7 Å². The van der Waals surface area contributed by atoms with E-state index in [1.807, 2.05) is 13.8 Å². The number of nitrogens with zero attached hydrogens (tertiary/aromatic N) is 1. The molecule has 132 valence electrons. The highest BCUT2D eigenvalue weighted by atomic mass is 32.1. The first-order valence-corrected chi connectivity index (χ1v) is 8.66. The fourth-order valence-electron chi connectivity index (χ4n) is 2.28. The van der Waals surface area contributed by atoms with Gasteiger partial charge in [0.05, 0.1) is 16.3 Å². The molecule has 0 aliphatic heterocycles. The van der Waals surface area contributed by atoms with Crippen LogP contribution in [0.5, 0.6) is 0 Å². The zero-order valence-electron chi connectivity index (χ0n) is 14.2. The molecule has 3 aromatic rings. The maximum atomic E-state index is 13.7. The fraction of sp³-hybridized carbons (Fsp3) is 0.105. The summed E-state index contributed by atoms with van der Waals surface area (Å²) < 4.78 is 13.7. The van der Waals surface area contributed by atoms with E-state index in [0.717, 1.165) is 10.4 Å². The summed E-state index contributed by atoms with van der Waals surface area (Å²) in [4.78, 5) is 30.3. The van der Waals surface area contributed by atoms with Crippen LogP contribution in [0.3, 0.4) is 0 Å². The van der Waals surface area contributed by atoms with Gasteiger partial charge in [0.25, 0.3) is 11.8 Å². The smallest absolute Gasteiger partial charge is 0.274 e. The van der Waals surface area contributed by atoms with Gasteiger partial charge in [-0.05, 0) is 55.8 Å². The third-order valence-corrected chi connectivity index (χ3v) is 4.92. The summed E-state index contributed by atoms with van der Waals surface area (Å²) in [6, 6.07) is 10.5. The molecule has 3 rings (SSSR count). The minimum Gasteiger partial charge on any atom is -0.319 e. The molecule has 0 saturated carbocycles. The number of aromatic nitrogens is 1. The Hall–Kier alpha value is -3.06. The van der Waals surface area contributed by atoms with Crippen LogP contribution in [0.1, 0.15) is 30.6 Å². The highest BCUT2D eigenvalue weighted by Gasteiger charge is 2.15. The highest BCUT2D eigenvalue weighted by molar-refractivity contribution is 7.14. The van der Waals surface area contributed by atoms with Gasteiger partial charge in [0.15, 0.2) is 0 Å². The number of hydrogen-bond donors (Lipinski definition) is 2. The molecule has 0 spiro atoms. The second kappa shape index (κ2) is 7.45. The van der Waals surface area contributed by atoms with Crippen LogP contribution in [0, 0.1) is 19.7 Å². The normalized spacial score (nSPS) is 10.4. The third kappa shape index (κ3) is 3.94. The molecule has 2 heterocycles. The number of rotatable bonds is 4. The number of aryl methyl sites for hydroxylation is 2. The number of anilines is 2. The molecule has 0 saturated heterocycles. The Kier molecular flexibility index (Phi) is 5.09. The quantitative estimate of drug-likeness (QED) is 0.716. The van der Waals surface area contributed by atoms with Gasteiger partial charge in [-0.2, -0.15) is 0 Å². The molecule has 0 aliphatic carbocycles. The summed E-state index contributed by atoms with van der Waals surface area (Å²) in [5, 5.41) is 5.31. The van der Waals surface area contributed by atoms with Crippen LogP contribution in [0.4, 0.5) is 15.8 Å². The van der Waals surface area contributed by atoms with Crippen molar-refractivity contribution in [2.24, 2.45) is 0 Å². The molecule has 26 heavy (non-hydrogen) atoms. The highest BCUT2D eigenvalue weighted by Crippen LogP contribution is 2.26. The van der Waals surface area contributed by atoms with Crippen LogP contribution in [0.2, 0.25) is 0 Å². The van der Waals surface area contributed by atoms with Gasteiger partial charge >= 0.3 is 0 Å². The lowest BCUT2D eigenvalue weighted by Crippen LogP contribution is -2.17. The Bertz CT molecular complexity index is 951. The summed E-state index contributed by atoms with van der Waals surface area (Å²) in [5.41, 5.74) is 1.71. The molecule has 0 fully saturated rings. The van der Waals surface area contributed by atoms with Gasteiger partial charge in [-0.3, -0.25) is 14.6 Å². The van der Waals surface area contributed by atoms with Gasteiger partial charge in [0.1, 0.15) is 11.5 Å². The zero-order chi connectivity index (χ0) is 18.7. The Morgan fingerprint density at radius 3 is 2.42 bits per heavy atom. The lowest BCUT2D eigenvalue weighted by Gasteiger charge is -2.12. The molecule has 0 aliphatic rings. The lowest BCUT2D eigenvalue weighted by atomic mass is 10.2. The minimum atomic E-state index is -0.519. The van der Waals surface area contributed by atoms with Crippen LogP contribution >= 0.6 is 11.3 Å². The molecular formula is C19H16FN3O2S. The monoisotopic (exact) mass is 369 g/mol.